The first kappa shape index (κ1) is 12.5. The van der Waals surface area contributed by atoms with E-state index in [2.05, 4.69) is 0 Å². The number of nitrogens with zero attached hydrogens (tertiary/aromatic N) is 1. The molecule has 1 aliphatic rings. The Morgan fingerprint density at radius 1 is 1.53 bits per heavy atom. The summed E-state index contributed by atoms with van der Waals surface area (Å²) in [4.78, 5) is 13.6. The molecule has 0 aromatic carbocycles. The summed E-state index contributed by atoms with van der Waals surface area (Å²) >= 11 is 1.54. The van der Waals surface area contributed by atoms with Crippen LogP contribution in [0, 0.1) is 0 Å². The number of hydrogen-bond donors (Lipinski definition) is 1. The molecule has 5 heteroatoms. The molecule has 86 valence electrons. The van der Waals surface area contributed by atoms with Crippen LogP contribution in [0.2, 0.25) is 0 Å². The lowest BCUT2D eigenvalue weighted by Gasteiger charge is -2.35. The number of ether oxygens (including phenoxy) is 1. The molecule has 0 unspecified atom stereocenters. The third-order valence-corrected chi connectivity index (χ3v) is 3.09. The van der Waals surface area contributed by atoms with Gasteiger partial charge in [0.2, 0.25) is 5.91 Å². The summed E-state index contributed by atoms with van der Waals surface area (Å²) < 4.78 is 5.57. The van der Waals surface area contributed by atoms with Crippen LogP contribution in [0.3, 0.4) is 0 Å². The van der Waals surface area contributed by atoms with Gasteiger partial charge in [-0.15, -0.1) is 11.8 Å². The van der Waals surface area contributed by atoms with E-state index in [1.54, 1.807) is 18.0 Å². The number of rotatable bonds is 4. The topological polar surface area (TPSA) is 55.1 Å². The molecule has 0 aromatic rings. The highest BCUT2D eigenvalue weighted by atomic mass is 32.2. The monoisotopic (exact) mass is 231 g/mol. The van der Waals surface area contributed by atoms with Crippen molar-refractivity contribution >= 4 is 23.9 Å². The second kappa shape index (κ2) is 6.12. The van der Waals surface area contributed by atoms with Gasteiger partial charge in [0.25, 0.3) is 0 Å². The molecule has 2 atom stereocenters. The quantitative estimate of drug-likeness (QED) is 0.508. The molecular formula is C10H19N2O2S+. The molecule has 0 aromatic heterocycles. The van der Waals surface area contributed by atoms with E-state index in [9.17, 15) is 4.79 Å². The molecular weight excluding hydrogens is 212 g/mol. The Bertz CT molecular complexity index is 225. The van der Waals surface area contributed by atoms with Gasteiger partial charge < -0.3 is 9.64 Å². The summed E-state index contributed by atoms with van der Waals surface area (Å²) in [6, 6.07) is 0. The summed E-state index contributed by atoms with van der Waals surface area (Å²) in [5.74, 6) is 1.41. The van der Waals surface area contributed by atoms with Crippen LogP contribution in [-0.2, 0) is 9.53 Å². The zero-order chi connectivity index (χ0) is 11.3. The summed E-state index contributed by atoms with van der Waals surface area (Å²) in [7, 11) is 0. The highest BCUT2D eigenvalue weighted by Crippen LogP contribution is 2.12. The highest BCUT2D eigenvalue weighted by molar-refractivity contribution is 8.00. The molecule has 0 aliphatic carbocycles. The first-order valence-electron chi connectivity index (χ1n) is 5.18. The first-order chi connectivity index (χ1) is 7.13. The average molecular weight is 231 g/mol. The number of carbonyl (C=O) groups excluding carboxylic acids is 1. The molecule has 0 radical (unpaired) electrons. The fraction of sp³-hybridized carbons (Fsp3) is 0.800. The molecule has 4 nitrogen and oxygen atoms in total. The standard InChI is InChI=1S/C10H18N2O2S/c1-8-5-12(6-9(2)14-8)10(13)7-15-4-3-11/h3,8-9,11H,4-7H2,1-2H3/p+1/t8-,9+. The van der Waals surface area contributed by atoms with Crippen LogP contribution in [-0.4, -0.2) is 53.8 Å². The minimum atomic E-state index is 0.142. The minimum Gasteiger partial charge on any atom is -0.372 e. The summed E-state index contributed by atoms with van der Waals surface area (Å²) in [6.45, 7) is 5.40. The van der Waals surface area contributed by atoms with Gasteiger partial charge in [-0.25, -0.2) is 0 Å². The number of thioether (sulfide) groups is 1. The smallest absolute Gasteiger partial charge is 0.232 e. The normalized spacial score (nSPS) is 26.4. The van der Waals surface area contributed by atoms with Crippen molar-refractivity contribution in [3.63, 3.8) is 0 Å². The molecule has 1 amide bonds. The van der Waals surface area contributed by atoms with Crippen molar-refractivity contribution in [2.75, 3.05) is 24.6 Å². The lowest BCUT2D eigenvalue weighted by molar-refractivity contribution is -0.140. The molecule has 1 rings (SSSR count). The lowest BCUT2D eigenvalue weighted by Crippen LogP contribution is -2.48. The first-order valence-corrected chi connectivity index (χ1v) is 6.33. The Morgan fingerprint density at radius 2 is 2.13 bits per heavy atom. The average Bonchev–Trinajstić information content (AvgIpc) is 2.16. The van der Waals surface area contributed by atoms with Gasteiger partial charge in [-0.2, -0.15) is 0 Å². The molecule has 1 heterocycles. The maximum Gasteiger partial charge on any atom is 0.232 e. The van der Waals surface area contributed by atoms with E-state index in [4.69, 9.17) is 10.1 Å². The number of nitrogens with two attached hydrogens (primary N) is 1. The maximum absolute atomic E-state index is 11.8. The summed E-state index contributed by atoms with van der Waals surface area (Å²) in [6.07, 6.45) is 1.86. The molecule has 1 fully saturated rings. The van der Waals surface area contributed by atoms with Crippen molar-refractivity contribution in [1.29, 1.82) is 0 Å². The van der Waals surface area contributed by atoms with Crippen LogP contribution in [0.25, 0.3) is 0 Å². The molecule has 0 saturated carbocycles. The largest absolute Gasteiger partial charge is 0.372 e. The third kappa shape index (κ3) is 4.22. The molecule has 15 heavy (non-hydrogen) atoms. The van der Waals surface area contributed by atoms with Crippen molar-refractivity contribution in [3.05, 3.63) is 0 Å². The number of hydrogen-bond acceptors (Lipinski definition) is 3. The van der Waals surface area contributed by atoms with E-state index in [1.807, 2.05) is 18.7 Å². The Morgan fingerprint density at radius 3 is 2.67 bits per heavy atom. The minimum absolute atomic E-state index is 0.142. The van der Waals surface area contributed by atoms with Gasteiger partial charge in [0, 0.05) is 13.1 Å². The Kier molecular flexibility index (Phi) is 5.11. The Labute approximate surface area is 94.9 Å². The van der Waals surface area contributed by atoms with E-state index in [-0.39, 0.29) is 18.1 Å². The van der Waals surface area contributed by atoms with E-state index >= 15 is 0 Å². The van der Waals surface area contributed by atoms with Gasteiger partial charge in [-0.05, 0) is 13.8 Å². The number of morpholine rings is 1. The second-order valence-corrected chi connectivity index (χ2v) is 4.84. The van der Waals surface area contributed by atoms with Gasteiger partial charge in [0.1, 0.15) is 6.21 Å². The molecule has 1 saturated heterocycles. The summed E-state index contributed by atoms with van der Waals surface area (Å²) in [5, 5.41) is 5.25. The van der Waals surface area contributed by atoms with Crippen molar-refractivity contribution in [2.45, 2.75) is 26.1 Å². The van der Waals surface area contributed by atoms with Crippen LogP contribution in [0.15, 0.2) is 0 Å². The predicted molar refractivity (Wildman–Crippen MR) is 61.9 cm³/mol. The fourth-order valence-corrected chi connectivity index (χ4v) is 2.30. The maximum atomic E-state index is 11.8. The van der Waals surface area contributed by atoms with Crippen LogP contribution >= 0.6 is 11.8 Å². The molecule has 0 spiro atoms. The highest BCUT2D eigenvalue weighted by Gasteiger charge is 2.25. The molecule has 2 N–H and O–H groups in total. The van der Waals surface area contributed by atoms with Crippen molar-refractivity contribution in [3.8, 4) is 0 Å². The predicted octanol–water partition coefficient (Wildman–Crippen LogP) is -0.815. The van der Waals surface area contributed by atoms with Crippen LogP contribution in [0.5, 0.6) is 0 Å². The van der Waals surface area contributed by atoms with Crippen molar-refractivity contribution in [2.24, 2.45) is 0 Å². The van der Waals surface area contributed by atoms with Gasteiger partial charge in [0.15, 0.2) is 0 Å². The number of amides is 1. The second-order valence-electron chi connectivity index (χ2n) is 3.81. The van der Waals surface area contributed by atoms with Crippen LogP contribution < -0.4 is 5.41 Å². The summed E-state index contributed by atoms with van der Waals surface area (Å²) in [5.41, 5.74) is 0. The zero-order valence-corrected chi connectivity index (χ0v) is 10.1. The van der Waals surface area contributed by atoms with Gasteiger partial charge in [0.05, 0.1) is 23.7 Å². The van der Waals surface area contributed by atoms with Crippen molar-refractivity contribution < 1.29 is 14.9 Å². The van der Waals surface area contributed by atoms with E-state index in [0.29, 0.717) is 18.8 Å². The van der Waals surface area contributed by atoms with Crippen molar-refractivity contribution in [1.82, 2.24) is 4.90 Å². The van der Waals surface area contributed by atoms with Gasteiger partial charge in [-0.1, -0.05) is 0 Å². The van der Waals surface area contributed by atoms with E-state index in [1.165, 1.54) is 0 Å². The molecule has 0 bridgehead atoms. The lowest BCUT2D eigenvalue weighted by atomic mass is 10.2. The number of carbonyl (C=O) groups is 1. The van der Waals surface area contributed by atoms with Crippen LogP contribution in [0.4, 0.5) is 0 Å². The Balaban J connectivity index is 2.34. The Hall–Kier alpha value is -0.550. The van der Waals surface area contributed by atoms with Gasteiger partial charge in [-0.3, -0.25) is 10.2 Å². The SMILES string of the molecule is C[C@@H]1CN(C(=O)CSCC=[NH2+])C[C@H](C)O1. The third-order valence-electron chi connectivity index (χ3n) is 2.21. The molecule has 1 aliphatic heterocycles. The fourth-order valence-electron chi connectivity index (χ4n) is 1.69. The van der Waals surface area contributed by atoms with E-state index in [0.717, 1.165) is 5.75 Å². The van der Waals surface area contributed by atoms with Gasteiger partial charge >= 0.3 is 0 Å². The van der Waals surface area contributed by atoms with E-state index < -0.39 is 0 Å². The van der Waals surface area contributed by atoms with Crippen LogP contribution in [0.1, 0.15) is 13.8 Å². The zero-order valence-electron chi connectivity index (χ0n) is 9.31.